The number of halogens is 3. The summed E-state index contributed by atoms with van der Waals surface area (Å²) in [6.07, 6.45) is -0.433. The van der Waals surface area contributed by atoms with Crippen molar-refractivity contribution in [1.82, 2.24) is 4.90 Å². The molecular weight excluding hydrogens is 415 g/mol. The van der Waals surface area contributed by atoms with Crippen LogP contribution in [0.15, 0.2) is 48.5 Å². The summed E-state index contributed by atoms with van der Waals surface area (Å²) in [7, 11) is 0. The fraction of sp³-hybridized carbons (Fsp3) is 0.364. The number of carbonyl (C=O) groups is 2. The lowest BCUT2D eigenvalue weighted by Gasteiger charge is -2.26. The highest BCUT2D eigenvalue weighted by Gasteiger charge is 2.30. The van der Waals surface area contributed by atoms with Crippen molar-refractivity contribution in [3.05, 3.63) is 65.2 Å². The monoisotopic (exact) mass is 439 g/mol. The van der Waals surface area contributed by atoms with Crippen LogP contribution in [0.1, 0.15) is 36.0 Å². The molecule has 168 valence electrons. The molecular formula is C22H24F3NO5. The van der Waals surface area contributed by atoms with Gasteiger partial charge in [-0.3, -0.25) is 4.90 Å². The van der Waals surface area contributed by atoms with E-state index in [2.05, 4.69) is 17.0 Å². The molecule has 0 spiro atoms. The summed E-state index contributed by atoms with van der Waals surface area (Å²) in [4.78, 5) is 20.7. The zero-order chi connectivity index (χ0) is 22.9. The molecule has 2 aromatic rings. The lowest BCUT2D eigenvalue weighted by Crippen LogP contribution is -2.29. The van der Waals surface area contributed by atoms with E-state index in [0.29, 0.717) is 12.4 Å². The quantitative estimate of drug-likeness (QED) is 0.671. The van der Waals surface area contributed by atoms with E-state index in [4.69, 9.17) is 24.5 Å². The molecule has 3 rings (SSSR count). The molecule has 0 saturated carbocycles. The lowest BCUT2D eigenvalue weighted by atomic mass is 10.1. The van der Waals surface area contributed by atoms with Crippen LogP contribution in [0, 0.1) is 0 Å². The fourth-order valence-electron chi connectivity index (χ4n) is 3.02. The van der Waals surface area contributed by atoms with Gasteiger partial charge in [-0.05, 0) is 61.3 Å². The fourth-order valence-corrected chi connectivity index (χ4v) is 3.02. The smallest absolute Gasteiger partial charge is 0.416 e. The number of hydrogen-bond acceptors (Lipinski definition) is 4. The Hall–Kier alpha value is -3.07. The van der Waals surface area contributed by atoms with Gasteiger partial charge in [0.05, 0.1) is 5.56 Å². The molecule has 0 bridgehead atoms. The van der Waals surface area contributed by atoms with Crippen molar-refractivity contribution in [1.29, 1.82) is 0 Å². The van der Waals surface area contributed by atoms with Gasteiger partial charge in [0.1, 0.15) is 12.4 Å². The number of piperidine rings is 1. The summed E-state index contributed by atoms with van der Waals surface area (Å²) < 4.78 is 43.2. The predicted molar refractivity (Wildman–Crippen MR) is 107 cm³/mol. The summed E-state index contributed by atoms with van der Waals surface area (Å²) in [5.41, 5.74) is 1.62. The number of nitrogens with zero attached hydrogens (tertiary/aromatic N) is 1. The highest BCUT2D eigenvalue weighted by molar-refractivity contribution is 6.27. The normalized spacial score (nSPS) is 14.3. The molecule has 31 heavy (non-hydrogen) atoms. The SMILES string of the molecule is FC(F)(F)c1ccc(OCc2ccc(CN3CCCCC3)cc2)cc1.O=C(O)C(=O)O. The Balaban J connectivity index is 0.000000501. The first-order valence-electron chi connectivity index (χ1n) is 9.71. The van der Waals surface area contributed by atoms with Gasteiger partial charge in [-0.15, -0.1) is 0 Å². The van der Waals surface area contributed by atoms with E-state index in [1.807, 2.05) is 12.1 Å². The van der Waals surface area contributed by atoms with Crippen molar-refractivity contribution in [3.8, 4) is 5.75 Å². The Morgan fingerprint density at radius 2 is 1.35 bits per heavy atom. The molecule has 9 heteroatoms. The average molecular weight is 439 g/mol. The second-order valence-corrected chi connectivity index (χ2v) is 7.07. The molecule has 0 radical (unpaired) electrons. The third kappa shape index (κ3) is 8.67. The van der Waals surface area contributed by atoms with Crippen molar-refractivity contribution in [2.75, 3.05) is 13.1 Å². The van der Waals surface area contributed by atoms with Gasteiger partial charge in [-0.1, -0.05) is 30.7 Å². The van der Waals surface area contributed by atoms with E-state index < -0.39 is 23.7 Å². The third-order valence-corrected chi connectivity index (χ3v) is 4.65. The van der Waals surface area contributed by atoms with Gasteiger partial charge >= 0.3 is 18.1 Å². The summed E-state index contributed by atoms with van der Waals surface area (Å²) in [6, 6.07) is 13.0. The van der Waals surface area contributed by atoms with E-state index >= 15 is 0 Å². The molecule has 1 saturated heterocycles. The van der Waals surface area contributed by atoms with Crippen molar-refractivity contribution in [3.63, 3.8) is 0 Å². The number of benzene rings is 2. The maximum absolute atomic E-state index is 12.5. The molecule has 0 unspecified atom stereocenters. The van der Waals surface area contributed by atoms with Crippen molar-refractivity contribution in [2.24, 2.45) is 0 Å². The number of hydrogen-bond donors (Lipinski definition) is 2. The molecule has 1 fully saturated rings. The number of ether oxygens (including phenoxy) is 1. The maximum atomic E-state index is 12.5. The van der Waals surface area contributed by atoms with Crippen LogP contribution in [0.3, 0.4) is 0 Å². The van der Waals surface area contributed by atoms with E-state index in [-0.39, 0.29) is 0 Å². The van der Waals surface area contributed by atoms with Gasteiger partial charge in [0.15, 0.2) is 0 Å². The van der Waals surface area contributed by atoms with Gasteiger partial charge in [0, 0.05) is 6.54 Å². The molecule has 0 amide bonds. The molecule has 2 aromatic carbocycles. The Kier molecular flexibility index (Phi) is 8.87. The van der Waals surface area contributed by atoms with Crippen LogP contribution in [0.25, 0.3) is 0 Å². The largest absolute Gasteiger partial charge is 0.489 e. The standard InChI is InChI=1S/C20H22F3NO.C2H2O4/c21-20(22,23)18-8-10-19(11-9-18)25-15-17-6-4-16(5-7-17)14-24-12-2-1-3-13-24;3-1(4)2(5)6/h4-11H,1-3,12-15H2;(H,3,4)(H,5,6). The molecule has 1 aliphatic heterocycles. The average Bonchev–Trinajstić information content (AvgIpc) is 2.74. The zero-order valence-corrected chi connectivity index (χ0v) is 16.8. The van der Waals surface area contributed by atoms with Crippen LogP contribution in [0.5, 0.6) is 5.75 Å². The minimum absolute atomic E-state index is 0.343. The van der Waals surface area contributed by atoms with Crippen LogP contribution in [0.4, 0.5) is 13.2 Å². The number of aliphatic carboxylic acids is 2. The summed E-state index contributed by atoms with van der Waals surface area (Å²) in [5, 5.41) is 14.8. The van der Waals surface area contributed by atoms with E-state index in [1.165, 1.54) is 50.0 Å². The van der Waals surface area contributed by atoms with Crippen LogP contribution in [-0.4, -0.2) is 40.1 Å². The van der Waals surface area contributed by atoms with Gasteiger partial charge in [0.25, 0.3) is 0 Å². The number of likely N-dealkylation sites (tertiary alicyclic amines) is 1. The highest BCUT2D eigenvalue weighted by Crippen LogP contribution is 2.30. The summed E-state index contributed by atoms with van der Waals surface area (Å²) >= 11 is 0. The van der Waals surface area contributed by atoms with Gasteiger partial charge in [-0.2, -0.15) is 13.2 Å². The molecule has 0 aliphatic carbocycles. The molecule has 2 N–H and O–H groups in total. The van der Waals surface area contributed by atoms with Gasteiger partial charge in [0.2, 0.25) is 0 Å². The first-order valence-corrected chi connectivity index (χ1v) is 9.71. The lowest BCUT2D eigenvalue weighted by molar-refractivity contribution is -0.159. The van der Waals surface area contributed by atoms with Crippen LogP contribution in [-0.2, 0) is 28.9 Å². The second kappa shape index (κ2) is 11.4. The first kappa shape index (κ1) is 24.2. The predicted octanol–water partition coefficient (Wildman–Crippen LogP) is 4.43. The molecule has 6 nitrogen and oxygen atoms in total. The summed E-state index contributed by atoms with van der Waals surface area (Å²) in [5.74, 6) is -3.21. The van der Waals surface area contributed by atoms with Crippen LogP contribution < -0.4 is 4.74 Å². The minimum atomic E-state index is -4.32. The van der Waals surface area contributed by atoms with Crippen LogP contribution >= 0.6 is 0 Å². The Morgan fingerprint density at radius 1 is 0.839 bits per heavy atom. The third-order valence-electron chi connectivity index (χ3n) is 4.65. The molecule has 1 heterocycles. The Morgan fingerprint density at radius 3 is 1.84 bits per heavy atom. The first-order chi connectivity index (χ1) is 14.6. The topological polar surface area (TPSA) is 87.1 Å². The highest BCUT2D eigenvalue weighted by atomic mass is 19.4. The van der Waals surface area contributed by atoms with Gasteiger partial charge < -0.3 is 14.9 Å². The van der Waals surface area contributed by atoms with E-state index in [9.17, 15) is 13.2 Å². The number of carboxylic acid groups (broad SMARTS) is 2. The number of carboxylic acids is 2. The van der Waals surface area contributed by atoms with Gasteiger partial charge in [-0.25, -0.2) is 9.59 Å². The summed E-state index contributed by atoms with van der Waals surface area (Å²) in [6.45, 7) is 3.65. The maximum Gasteiger partial charge on any atom is 0.416 e. The van der Waals surface area contributed by atoms with Crippen molar-refractivity contribution >= 4 is 11.9 Å². The Bertz CT molecular complexity index is 833. The zero-order valence-electron chi connectivity index (χ0n) is 16.8. The van der Waals surface area contributed by atoms with E-state index in [1.54, 1.807) is 0 Å². The number of alkyl halides is 3. The molecule has 1 aliphatic rings. The van der Waals surface area contributed by atoms with Crippen molar-refractivity contribution in [2.45, 2.75) is 38.6 Å². The molecule has 0 aromatic heterocycles. The minimum Gasteiger partial charge on any atom is -0.489 e. The second-order valence-electron chi connectivity index (χ2n) is 7.07. The van der Waals surface area contributed by atoms with Crippen LogP contribution in [0.2, 0.25) is 0 Å². The molecule has 0 atom stereocenters. The number of rotatable bonds is 5. The Labute approximate surface area is 177 Å². The van der Waals surface area contributed by atoms with E-state index in [0.717, 1.165) is 24.2 Å². The van der Waals surface area contributed by atoms with Crippen molar-refractivity contribution < 1.29 is 37.7 Å².